The summed E-state index contributed by atoms with van der Waals surface area (Å²) in [5.41, 5.74) is 0. The van der Waals surface area contributed by atoms with E-state index in [1.54, 1.807) is 0 Å². The molecule has 0 aliphatic heterocycles. The summed E-state index contributed by atoms with van der Waals surface area (Å²) in [5, 5.41) is -3.69. The third-order valence-electron chi connectivity index (χ3n) is 0.804. The maximum Gasteiger partial charge on any atom is 0.380 e. The number of Topliss-reactive ketones (excluding diaryl/α,β-unsaturated/α-hetero) is 1. The Bertz CT molecular complexity index is 117. The van der Waals surface area contributed by atoms with Gasteiger partial charge in [0.1, 0.15) is 0 Å². The highest BCUT2D eigenvalue weighted by Gasteiger charge is 2.36. The van der Waals surface area contributed by atoms with Gasteiger partial charge in [0.15, 0.2) is 0 Å². The van der Waals surface area contributed by atoms with Crippen molar-refractivity contribution in [2.75, 3.05) is 0 Å². The zero-order chi connectivity index (χ0) is 7.65. The molecular formula is C5H7ClF2O. The zero-order valence-corrected chi connectivity index (χ0v) is 5.88. The molecule has 0 heterocycles. The number of hydrogen-bond acceptors (Lipinski definition) is 1. The van der Waals surface area contributed by atoms with Crippen LogP contribution in [0.5, 0.6) is 0 Å². The average molecular weight is 157 g/mol. The molecule has 0 aromatic heterocycles. The lowest BCUT2D eigenvalue weighted by atomic mass is 10.1. The average Bonchev–Trinajstić information content (AvgIpc) is 1.62. The smallest absolute Gasteiger partial charge is 0.291 e. The lowest BCUT2D eigenvalue weighted by Gasteiger charge is -2.07. The topological polar surface area (TPSA) is 17.1 Å². The zero-order valence-electron chi connectivity index (χ0n) is 5.12. The van der Waals surface area contributed by atoms with E-state index in [9.17, 15) is 13.6 Å². The first-order chi connectivity index (χ1) is 3.85. The molecule has 0 aliphatic rings. The van der Waals surface area contributed by atoms with Crippen molar-refractivity contribution in [2.45, 2.75) is 19.2 Å². The summed E-state index contributed by atoms with van der Waals surface area (Å²) in [7, 11) is 0. The summed E-state index contributed by atoms with van der Waals surface area (Å²) in [6.45, 7) is 2.75. The van der Waals surface area contributed by atoms with Gasteiger partial charge in [0.25, 0.3) is 0 Å². The quantitative estimate of drug-likeness (QED) is 0.560. The van der Waals surface area contributed by atoms with Crippen molar-refractivity contribution in [3.8, 4) is 0 Å². The van der Waals surface area contributed by atoms with E-state index in [2.05, 4.69) is 11.6 Å². The second-order valence-electron chi connectivity index (χ2n) is 2.02. The minimum Gasteiger partial charge on any atom is -0.291 e. The van der Waals surface area contributed by atoms with Gasteiger partial charge in [-0.15, -0.1) is 0 Å². The molecule has 0 aromatic carbocycles. The summed E-state index contributed by atoms with van der Waals surface area (Å²) in [6.07, 6.45) is 0. The maximum absolute atomic E-state index is 11.8. The molecule has 0 rings (SSSR count). The van der Waals surface area contributed by atoms with Crippen LogP contribution < -0.4 is 0 Å². The third-order valence-corrected chi connectivity index (χ3v) is 0.990. The highest BCUT2D eigenvalue weighted by Crippen LogP contribution is 2.23. The van der Waals surface area contributed by atoms with Crippen molar-refractivity contribution in [3.05, 3.63) is 0 Å². The fourth-order valence-electron chi connectivity index (χ4n) is 0.327. The molecule has 0 aromatic rings. The second-order valence-corrected chi connectivity index (χ2v) is 2.49. The molecule has 0 saturated carbocycles. The van der Waals surface area contributed by atoms with Gasteiger partial charge < -0.3 is 0 Å². The fourth-order valence-corrected chi connectivity index (χ4v) is 0.546. The number of ketones is 1. The Morgan fingerprint density at radius 3 is 1.89 bits per heavy atom. The monoisotopic (exact) mass is 156 g/mol. The molecule has 0 radical (unpaired) electrons. The van der Waals surface area contributed by atoms with Crippen LogP contribution in [0, 0.1) is 5.92 Å². The molecular weight excluding hydrogens is 150 g/mol. The highest BCUT2D eigenvalue weighted by atomic mass is 35.5. The Morgan fingerprint density at radius 2 is 1.89 bits per heavy atom. The Labute approximate surface area is 57.0 Å². The molecule has 0 spiro atoms. The van der Waals surface area contributed by atoms with Crippen LogP contribution in [0.1, 0.15) is 13.8 Å². The largest absolute Gasteiger partial charge is 0.380 e. The summed E-state index contributed by atoms with van der Waals surface area (Å²) in [5.74, 6) is -1.94. The van der Waals surface area contributed by atoms with Crippen LogP contribution in [-0.2, 0) is 4.79 Å². The molecule has 0 fully saturated rings. The van der Waals surface area contributed by atoms with Crippen molar-refractivity contribution in [1.29, 1.82) is 0 Å². The van der Waals surface area contributed by atoms with Crippen LogP contribution in [0.2, 0.25) is 0 Å². The van der Waals surface area contributed by atoms with Gasteiger partial charge in [-0.05, 0) is 11.6 Å². The molecule has 0 aliphatic carbocycles. The van der Waals surface area contributed by atoms with E-state index < -0.39 is 17.1 Å². The van der Waals surface area contributed by atoms with Crippen LogP contribution in [0.25, 0.3) is 0 Å². The molecule has 9 heavy (non-hydrogen) atoms. The van der Waals surface area contributed by atoms with Crippen LogP contribution >= 0.6 is 11.6 Å². The maximum atomic E-state index is 11.8. The Hall–Kier alpha value is -0.180. The van der Waals surface area contributed by atoms with Crippen LogP contribution in [0.3, 0.4) is 0 Å². The Kier molecular flexibility index (Phi) is 2.55. The molecule has 0 bridgehead atoms. The molecule has 0 unspecified atom stereocenters. The number of halogens is 3. The van der Waals surface area contributed by atoms with Gasteiger partial charge in [0.2, 0.25) is 5.78 Å². The Balaban J connectivity index is 4.06. The van der Waals surface area contributed by atoms with Crippen molar-refractivity contribution >= 4 is 17.4 Å². The second kappa shape index (κ2) is 2.60. The lowest BCUT2D eigenvalue weighted by molar-refractivity contribution is -0.136. The number of alkyl halides is 3. The van der Waals surface area contributed by atoms with Crippen molar-refractivity contribution in [2.24, 2.45) is 5.92 Å². The van der Waals surface area contributed by atoms with Gasteiger partial charge in [-0.3, -0.25) is 4.79 Å². The number of hydrogen-bond donors (Lipinski definition) is 0. The summed E-state index contributed by atoms with van der Waals surface area (Å²) in [6, 6.07) is 0. The fraction of sp³-hybridized carbons (Fsp3) is 0.800. The molecule has 4 heteroatoms. The first-order valence-corrected chi connectivity index (χ1v) is 2.84. The molecule has 1 nitrogen and oxygen atoms in total. The summed E-state index contributed by atoms with van der Waals surface area (Å²) in [4.78, 5) is 10.3. The third kappa shape index (κ3) is 2.75. The molecule has 0 amide bonds. The highest BCUT2D eigenvalue weighted by molar-refractivity contribution is 6.32. The SMILES string of the molecule is CC(C)C(=O)C(F)(F)Cl. The van der Waals surface area contributed by atoms with Gasteiger partial charge in [-0.25, -0.2) is 0 Å². The predicted octanol–water partition coefficient (Wildman–Crippen LogP) is 2.04. The van der Waals surface area contributed by atoms with Crippen LogP contribution in [0.15, 0.2) is 0 Å². The van der Waals surface area contributed by atoms with E-state index in [0.717, 1.165) is 0 Å². The van der Waals surface area contributed by atoms with E-state index in [0.29, 0.717) is 0 Å². The number of carbonyl (C=O) groups excluding carboxylic acids is 1. The molecule has 54 valence electrons. The van der Waals surface area contributed by atoms with E-state index in [1.807, 2.05) is 0 Å². The number of carbonyl (C=O) groups is 1. The van der Waals surface area contributed by atoms with Gasteiger partial charge in [-0.1, -0.05) is 13.8 Å². The van der Waals surface area contributed by atoms with E-state index in [-0.39, 0.29) is 0 Å². The normalized spacial score (nSPS) is 12.2. The molecule has 0 saturated heterocycles. The summed E-state index contributed by atoms with van der Waals surface area (Å²) < 4.78 is 23.6. The Morgan fingerprint density at radius 1 is 1.56 bits per heavy atom. The number of rotatable bonds is 2. The van der Waals surface area contributed by atoms with Gasteiger partial charge in [-0.2, -0.15) is 8.78 Å². The first-order valence-electron chi connectivity index (χ1n) is 2.46. The molecule has 0 atom stereocenters. The standard InChI is InChI=1S/C5H7ClF2O/c1-3(2)4(9)5(6,7)8/h3H,1-2H3. The van der Waals surface area contributed by atoms with E-state index >= 15 is 0 Å². The van der Waals surface area contributed by atoms with Gasteiger partial charge >= 0.3 is 5.38 Å². The lowest BCUT2D eigenvalue weighted by Crippen LogP contribution is -2.25. The predicted molar refractivity (Wildman–Crippen MR) is 30.6 cm³/mol. The van der Waals surface area contributed by atoms with Gasteiger partial charge in [0, 0.05) is 5.92 Å². The minimum absolute atomic E-state index is 0.711. The minimum atomic E-state index is -3.69. The van der Waals surface area contributed by atoms with E-state index in [1.165, 1.54) is 13.8 Å². The summed E-state index contributed by atoms with van der Waals surface area (Å²) >= 11 is 4.40. The van der Waals surface area contributed by atoms with Crippen LogP contribution in [0.4, 0.5) is 8.78 Å². The van der Waals surface area contributed by atoms with Crippen molar-refractivity contribution in [3.63, 3.8) is 0 Å². The van der Waals surface area contributed by atoms with Crippen LogP contribution in [-0.4, -0.2) is 11.2 Å². The molecule has 0 N–H and O–H groups in total. The van der Waals surface area contributed by atoms with Crippen molar-refractivity contribution < 1.29 is 13.6 Å². The van der Waals surface area contributed by atoms with Crippen molar-refractivity contribution in [1.82, 2.24) is 0 Å². The van der Waals surface area contributed by atoms with E-state index in [4.69, 9.17) is 0 Å². The van der Waals surface area contributed by atoms with Gasteiger partial charge in [0.05, 0.1) is 0 Å². The first kappa shape index (κ1) is 8.82.